The number of ether oxygens (including phenoxy) is 2. The Kier molecular flexibility index (Phi) is 8.17. The maximum atomic E-state index is 12.7. The van der Waals surface area contributed by atoms with Crippen LogP contribution in [0.3, 0.4) is 0 Å². The molecule has 0 amide bonds. The zero-order chi connectivity index (χ0) is 26.6. The highest BCUT2D eigenvalue weighted by atomic mass is 35.5. The first-order valence-corrected chi connectivity index (χ1v) is 13.0. The molecule has 190 valence electrons. The topological polar surface area (TPSA) is 72.8 Å². The number of nitrogens with zero attached hydrogens (tertiary/aromatic N) is 2. The van der Waals surface area contributed by atoms with E-state index >= 15 is 0 Å². The van der Waals surface area contributed by atoms with Gasteiger partial charge in [0.2, 0.25) is 5.13 Å². The van der Waals surface area contributed by atoms with Crippen molar-refractivity contribution in [3.8, 4) is 22.8 Å². The van der Waals surface area contributed by atoms with Gasteiger partial charge in [-0.15, -0.1) is 11.3 Å². The summed E-state index contributed by atoms with van der Waals surface area (Å²) in [7, 11) is 1.52. The number of carbonyl (C=O) groups excluding carboxylic acids is 1. The normalized spacial score (nSPS) is 11.5. The Labute approximate surface area is 229 Å². The minimum absolute atomic E-state index is 0.00413. The third-order valence-corrected chi connectivity index (χ3v) is 6.76. The molecule has 0 aliphatic carbocycles. The van der Waals surface area contributed by atoms with Crippen LogP contribution in [0.1, 0.15) is 42.3 Å². The molecule has 1 heterocycles. The van der Waals surface area contributed by atoms with Crippen molar-refractivity contribution in [2.45, 2.75) is 26.2 Å². The fourth-order valence-corrected chi connectivity index (χ4v) is 4.59. The summed E-state index contributed by atoms with van der Waals surface area (Å²) < 4.78 is 11.0. The number of methoxy groups -OCH3 is 1. The minimum atomic E-state index is -0.456. The van der Waals surface area contributed by atoms with Crippen LogP contribution in [-0.2, 0) is 5.41 Å². The van der Waals surface area contributed by atoms with E-state index in [0.29, 0.717) is 32.2 Å². The number of aromatic nitrogens is 1. The number of hydrogen-bond donors (Lipinski definition) is 1. The number of anilines is 1. The molecule has 0 atom stereocenters. The number of rotatable bonds is 7. The summed E-state index contributed by atoms with van der Waals surface area (Å²) in [5.74, 6) is 0.279. The lowest BCUT2D eigenvalue weighted by atomic mass is 9.87. The first-order valence-electron chi connectivity index (χ1n) is 11.3. The zero-order valence-electron chi connectivity index (χ0n) is 20.7. The summed E-state index contributed by atoms with van der Waals surface area (Å²) in [6, 6.07) is 17.9. The number of benzene rings is 3. The number of thiazole rings is 1. The largest absolute Gasteiger partial charge is 0.493 e. The van der Waals surface area contributed by atoms with Gasteiger partial charge in [0.25, 0.3) is 0 Å². The van der Waals surface area contributed by atoms with Gasteiger partial charge in [-0.05, 0) is 65.1 Å². The molecule has 9 heteroatoms. The van der Waals surface area contributed by atoms with Crippen molar-refractivity contribution in [1.82, 2.24) is 4.98 Å². The first kappa shape index (κ1) is 26.7. The highest BCUT2D eigenvalue weighted by molar-refractivity contribution is 7.14. The van der Waals surface area contributed by atoms with Crippen LogP contribution < -0.4 is 14.9 Å². The predicted octanol–water partition coefficient (Wildman–Crippen LogP) is 8.09. The monoisotopic (exact) mass is 553 g/mol. The van der Waals surface area contributed by atoms with Crippen molar-refractivity contribution in [3.63, 3.8) is 0 Å². The maximum Gasteiger partial charge on any atom is 0.343 e. The number of esters is 1. The van der Waals surface area contributed by atoms with Crippen LogP contribution in [0, 0.1) is 0 Å². The van der Waals surface area contributed by atoms with Crippen molar-refractivity contribution in [1.29, 1.82) is 0 Å². The summed E-state index contributed by atoms with van der Waals surface area (Å²) in [5.41, 5.74) is 6.79. The Morgan fingerprint density at radius 1 is 1.03 bits per heavy atom. The molecule has 4 rings (SSSR count). The number of halogens is 2. The van der Waals surface area contributed by atoms with Gasteiger partial charge in [-0.2, -0.15) is 5.10 Å². The number of nitrogens with one attached hydrogen (secondary N) is 1. The molecule has 0 saturated carbocycles. The lowest BCUT2D eigenvalue weighted by Gasteiger charge is -2.19. The average Bonchev–Trinajstić information content (AvgIpc) is 3.33. The van der Waals surface area contributed by atoms with Crippen molar-refractivity contribution in [2.24, 2.45) is 5.10 Å². The Hall–Kier alpha value is -3.39. The molecule has 0 unspecified atom stereocenters. The van der Waals surface area contributed by atoms with Crippen molar-refractivity contribution in [2.75, 3.05) is 12.5 Å². The minimum Gasteiger partial charge on any atom is -0.493 e. The molecule has 3 aromatic carbocycles. The molecule has 0 fully saturated rings. The van der Waals surface area contributed by atoms with Gasteiger partial charge in [-0.25, -0.2) is 9.78 Å². The van der Waals surface area contributed by atoms with Crippen molar-refractivity contribution < 1.29 is 14.3 Å². The van der Waals surface area contributed by atoms with E-state index in [1.54, 1.807) is 48.7 Å². The van der Waals surface area contributed by atoms with E-state index in [4.69, 9.17) is 32.7 Å². The van der Waals surface area contributed by atoms with E-state index in [1.807, 2.05) is 23.6 Å². The maximum absolute atomic E-state index is 12.7. The molecule has 6 nitrogen and oxygen atoms in total. The molecular weight excluding hydrogens is 529 g/mol. The van der Waals surface area contributed by atoms with Gasteiger partial charge in [0.05, 0.1) is 29.6 Å². The second-order valence-corrected chi connectivity index (χ2v) is 10.9. The van der Waals surface area contributed by atoms with E-state index in [-0.39, 0.29) is 5.41 Å². The second-order valence-electron chi connectivity index (χ2n) is 9.16. The Balaban J connectivity index is 1.41. The van der Waals surface area contributed by atoms with Crippen LogP contribution >= 0.6 is 34.5 Å². The molecule has 37 heavy (non-hydrogen) atoms. The quantitative estimate of drug-likeness (QED) is 0.108. The SMILES string of the molecule is COc1cc(C=NNc2nc(-c3ccc(Cl)cc3Cl)cs2)ccc1OC(=O)c1ccc(C(C)(C)C)cc1. The smallest absolute Gasteiger partial charge is 0.343 e. The molecule has 0 bridgehead atoms. The Morgan fingerprint density at radius 2 is 1.78 bits per heavy atom. The molecule has 0 saturated heterocycles. The third kappa shape index (κ3) is 6.68. The van der Waals surface area contributed by atoms with E-state index in [9.17, 15) is 4.79 Å². The van der Waals surface area contributed by atoms with Crippen LogP contribution in [0.25, 0.3) is 11.3 Å². The Morgan fingerprint density at radius 3 is 2.46 bits per heavy atom. The van der Waals surface area contributed by atoms with E-state index < -0.39 is 5.97 Å². The number of carbonyl (C=O) groups is 1. The highest BCUT2D eigenvalue weighted by Crippen LogP contribution is 2.33. The lowest BCUT2D eigenvalue weighted by Crippen LogP contribution is -2.13. The van der Waals surface area contributed by atoms with Crippen LogP contribution in [0.15, 0.2) is 71.1 Å². The van der Waals surface area contributed by atoms with E-state index in [1.165, 1.54) is 18.4 Å². The standard InChI is InChI=1S/C28H25Cl2N3O3S/c1-28(2,3)19-8-6-18(7-9-19)26(34)36-24-12-5-17(13-25(24)35-4)15-31-33-27-32-23(16-37-27)21-11-10-20(29)14-22(21)30/h5-16H,1-4H3,(H,32,33). The van der Waals surface area contributed by atoms with Crippen LogP contribution in [0.5, 0.6) is 11.5 Å². The molecule has 0 aliphatic rings. The van der Waals surface area contributed by atoms with E-state index in [0.717, 1.165) is 22.4 Å². The van der Waals surface area contributed by atoms with Gasteiger partial charge in [0.15, 0.2) is 11.5 Å². The lowest BCUT2D eigenvalue weighted by molar-refractivity contribution is 0.0729. The van der Waals surface area contributed by atoms with Gasteiger partial charge in [-0.3, -0.25) is 5.43 Å². The fraction of sp³-hybridized carbons (Fsp3) is 0.179. The predicted molar refractivity (Wildman–Crippen MR) is 152 cm³/mol. The van der Waals surface area contributed by atoms with Crippen LogP contribution in [-0.4, -0.2) is 24.3 Å². The van der Waals surface area contributed by atoms with Crippen LogP contribution in [0.2, 0.25) is 10.0 Å². The van der Waals surface area contributed by atoms with Gasteiger partial charge < -0.3 is 9.47 Å². The molecule has 1 aromatic heterocycles. The number of hydrazone groups is 1. The summed E-state index contributed by atoms with van der Waals surface area (Å²) in [5, 5.41) is 7.84. The van der Waals surface area contributed by atoms with Gasteiger partial charge in [0.1, 0.15) is 0 Å². The molecule has 1 N–H and O–H groups in total. The molecular formula is C28H25Cl2N3O3S. The highest BCUT2D eigenvalue weighted by Gasteiger charge is 2.16. The molecule has 0 radical (unpaired) electrons. The first-order chi connectivity index (χ1) is 17.6. The van der Waals surface area contributed by atoms with Gasteiger partial charge in [0, 0.05) is 16.0 Å². The van der Waals surface area contributed by atoms with Crippen molar-refractivity contribution >= 4 is 51.9 Å². The summed E-state index contributed by atoms with van der Waals surface area (Å²) >= 11 is 13.6. The average molecular weight is 554 g/mol. The van der Waals surface area contributed by atoms with E-state index in [2.05, 4.69) is 36.3 Å². The zero-order valence-corrected chi connectivity index (χ0v) is 23.0. The van der Waals surface area contributed by atoms with Crippen molar-refractivity contribution in [3.05, 3.63) is 92.8 Å². The third-order valence-electron chi connectivity index (χ3n) is 5.46. The molecule has 4 aromatic rings. The summed E-state index contributed by atoms with van der Waals surface area (Å²) in [4.78, 5) is 17.2. The second kappa shape index (κ2) is 11.3. The fourth-order valence-electron chi connectivity index (χ4n) is 3.42. The van der Waals surface area contributed by atoms with Crippen LogP contribution in [0.4, 0.5) is 5.13 Å². The summed E-state index contributed by atoms with van der Waals surface area (Å²) in [6.45, 7) is 6.37. The number of hydrogen-bond acceptors (Lipinski definition) is 7. The molecule has 0 aliphatic heterocycles. The Bertz CT molecular complexity index is 1440. The molecule has 0 spiro atoms. The van der Waals surface area contributed by atoms with Gasteiger partial charge >= 0.3 is 5.97 Å². The summed E-state index contributed by atoms with van der Waals surface area (Å²) in [6.07, 6.45) is 1.62. The van der Waals surface area contributed by atoms with Gasteiger partial charge in [-0.1, -0.05) is 56.1 Å².